The molecule has 2 rings (SSSR count). The number of ether oxygens (including phenoxy) is 1. The van der Waals surface area contributed by atoms with Gasteiger partial charge in [-0.1, -0.05) is 6.07 Å². The van der Waals surface area contributed by atoms with Crippen LogP contribution in [0.2, 0.25) is 0 Å². The number of nitrogens with zero attached hydrogens (tertiary/aromatic N) is 1. The van der Waals surface area contributed by atoms with Crippen LogP contribution in [0, 0.1) is 5.92 Å². The summed E-state index contributed by atoms with van der Waals surface area (Å²) in [5, 5.41) is 5.37. The average Bonchev–Trinajstić information content (AvgIpc) is 3.01. The van der Waals surface area contributed by atoms with Gasteiger partial charge in [-0.3, -0.25) is 0 Å². The third-order valence-corrected chi connectivity index (χ3v) is 4.96. The molecule has 1 aliphatic heterocycles. The highest BCUT2D eigenvalue weighted by Gasteiger charge is 2.23. The fraction of sp³-hybridized carbons (Fsp3) is 0.562. The molecule has 1 aromatic carbocycles. The Balaban J connectivity index is 1.72. The van der Waals surface area contributed by atoms with Gasteiger partial charge in [-0.15, -0.1) is 0 Å². The van der Waals surface area contributed by atoms with Crippen molar-refractivity contribution in [2.45, 2.75) is 6.42 Å². The van der Waals surface area contributed by atoms with Gasteiger partial charge in [0, 0.05) is 44.2 Å². The predicted octanol–water partition coefficient (Wildman–Crippen LogP) is 0.865. The Morgan fingerprint density at radius 3 is 2.88 bits per heavy atom. The molecule has 134 valence electrons. The summed E-state index contributed by atoms with van der Waals surface area (Å²) in [5.74, 6) is 1.16. The van der Waals surface area contributed by atoms with Crippen molar-refractivity contribution in [2.24, 2.45) is 5.92 Å². The Bertz CT molecular complexity index is 663. The fourth-order valence-electron chi connectivity index (χ4n) is 2.69. The van der Waals surface area contributed by atoms with Crippen molar-refractivity contribution in [3.05, 3.63) is 24.3 Å². The van der Waals surface area contributed by atoms with Gasteiger partial charge in [0.05, 0.1) is 12.9 Å². The maximum absolute atomic E-state index is 11.7. The smallest absolute Gasteiger partial charge is 0.314 e. The van der Waals surface area contributed by atoms with Gasteiger partial charge in [0.15, 0.2) is 0 Å². The molecule has 8 heteroatoms. The van der Waals surface area contributed by atoms with E-state index in [-0.39, 0.29) is 18.3 Å². The Hall–Kier alpha value is -1.96. The second-order valence-electron chi connectivity index (χ2n) is 6.07. The van der Waals surface area contributed by atoms with Crippen molar-refractivity contribution >= 4 is 21.6 Å². The van der Waals surface area contributed by atoms with Crippen LogP contribution in [-0.2, 0) is 9.84 Å². The molecule has 0 aliphatic carbocycles. The molecule has 0 aromatic heterocycles. The third kappa shape index (κ3) is 5.92. The molecule has 24 heavy (non-hydrogen) atoms. The lowest BCUT2D eigenvalue weighted by Crippen LogP contribution is -2.40. The fourth-order valence-corrected chi connectivity index (χ4v) is 3.16. The van der Waals surface area contributed by atoms with E-state index in [4.69, 9.17) is 4.74 Å². The van der Waals surface area contributed by atoms with Crippen molar-refractivity contribution < 1.29 is 17.9 Å². The summed E-state index contributed by atoms with van der Waals surface area (Å²) >= 11 is 0. The normalized spacial score (nSPS) is 17.6. The maximum Gasteiger partial charge on any atom is 0.314 e. The standard InChI is InChI=1S/C16H25N3O4S/c1-23-15-5-3-4-14(10-15)19-8-6-13(12-19)11-18-16(20)17-7-9-24(2,21)22/h3-5,10,13H,6-9,11-12H2,1-2H3,(H2,17,18,20)/t13-/m1/s1. The topological polar surface area (TPSA) is 87.7 Å². The molecule has 0 spiro atoms. The summed E-state index contributed by atoms with van der Waals surface area (Å²) in [4.78, 5) is 13.9. The maximum atomic E-state index is 11.7. The predicted molar refractivity (Wildman–Crippen MR) is 94.4 cm³/mol. The Kier molecular flexibility index (Phi) is 6.30. The lowest BCUT2D eigenvalue weighted by Gasteiger charge is -2.19. The van der Waals surface area contributed by atoms with Gasteiger partial charge >= 0.3 is 6.03 Å². The zero-order chi connectivity index (χ0) is 17.6. The molecule has 7 nitrogen and oxygen atoms in total. The van der Waals surface area contributed by atoms with E-state index in [9.17, 15) is 13.2 Å². The zero-order valence-electron chi connectivity index (χ0n) is 14.1. The Morgan fingerprint density at radius 1 is 1.38 bits per heavy atom. The van der Waals surface area contributed by atoms with Crippen LogP contribution in [0.15, 0.2) is 24.3 Å². The van der Waals surface area contributed by atoms with Crippen molar-refractivity contribution in [3.63, 3.8) is 0 Å². The molecule has 0 unspecified atom stereocenters. The number of sulfone groups is 1. The minimum atomic E-state index is -3.05. The van der Waals surface area contributed by atoms with Crippen molar-refractivity contribution in [2.75, 3.05) is 50.2 Å². The highest BCUT2D eigenvalue weighted by atomic mass is 32.2. The highest BCUT2D eigenvalue weighted by molar-refractivity contribution is 7.90. The van der Waals surface area contributed by atoms with E-state index in [0.29, 0.717) is 12.5 Å². The largest absolute Gasteiger partial charge is 0.497 e. The van der Waals surface area contributed by atoms with Gasteiger partial charge in [0.25, 0.3) is 0 Å². The van der Waals surface area contributed by atoms with Crippen LogP contribution in [0.5, 0.6) is 5.75 Å². The number of anilines is 1. The molecule has 0 saturated carbocycles. The second kappa shape index (κ2) is 8.23. The summed E-state index contributed by atoms with van der Waals surface area (Å²) in [7, 11) is -1.40. The molecule has 1 aromatic rings. The summed E-state index contributed by atoms with van der Waals surface area (Å²) < 4.78 is 27.3. The molecule has 1 heterocycles. The minimum Gasteiger partial charge on any atom is -0.497 e. The van der Waals surface area contributed by atoms with E-state index in [1.54, 1.807) is 7.11 Å². The Labute approximate surface area is 143 Å². The molecule has 0 radical (unpaired) electrons. The first-order valence-corrected chi connectivity index (χ1v) is 10.0. The van der Waals surface area contributed by atoms with Gasteiger partial charge in [0.2, 0.25) is 0 Å². The van der Waals surface area contributed by atoms with Crippen molar-refractivity contribution in [3.8, 4) is 5.75 Å². The van der Waals surface area contributed by atoms with E-state index in [1.807, 2.05) is 18.2 Å². The molecular weight excluding hydrogens is 330 g/mol. The minimum absolute atomic E-state index is 0.0481. The molecule has 2 N–H and O–H groups in total. The van der Waals surface area contributed by atoms with Crippen LogP contribution in [0.25, 0.3) is 0 Å². The van der Waals surface area contributed by atoms with Gasteiger partial charge < -0.3 is 20.3 Å². The molecular formula is C16H25N3O4S. The first-order chi connectivity index (χ1) is 11.4. The van der Waals surface area contributed by atoms with E-state index in [2.05, 4.69) is 21.6 Å². The van der Waals surface area contributed by atoms with Crippen LogP contribution in [0.1, 0.15) is 6.42 Å². The Morgan fingerprint density at radius 2 is 2.17 bits per heavy atom. The SMILES string of the molecule is COc1cccc(N2CC[C@H](CNC(=O)NCCS(C)(=O)=O)C2)c1. The first-order valence-electron chi connectivity index (χ1n) is 7.96. The van der Waals surface area contributed by atoms with Gasteiger partial charge in [-0.05, 0) is 24.5 Å². The lowest BCUT2D eigenvalue weighted by molar-refractivity contribution is 0.240. The summed E-state index contributed by atoms with van der Waals surface area (Å²) in [6.07, 6.45) is 2.15. The molecule has 1 atom stereocenters. The quantitative estimate of drug-likeness (QED) is 0.758. The van der Waals surface area contributed by atoms with Crippen LogP contribution in [0.4, 0.5) is 10.5 Å². The van der Waals surface area contributed by atoms with Crippen LogP contribution in [-0.4, -0.2) is 59.7 Å². The molecule has 2 amide bonds. The number of rotatable bonds is 7. The van der Waals surface area contributed by atoms with Crippen molar-refractivity contribution in [1.29, 1.82) is 0 Å². The van der Waals surface area contributed by atoms with Gasteiger partial charge in [-0.2, -0.15) is 0 Å². The summed E-state index contributed by atoms with van der Waals surface area (Å²) in [6, 6.07) is 7.62. The summed E-state index contributed by atoms with van der Waals surface area (Å²) in [6.45, 7) is 2.52. The highest BCUT2D eigenvalue weighted by Crippen LogP contribution is 2.26. The molecule has 1 fully saturated rings. The number of carbonyl (C=O) groups is 1. The molecule has 1 saturated heterocycles. The number of hydrogen-bond acceptors (Lipinski definition) is 5. The van der Waals surface area contributed by atoms with Gasteiger partial charge in [-0.25, -0.2) is 13.2 Å². The average molecular weight is 355 g/mol. The number of amides is 2. The number of carbonyl (C=O) groups excluding carboxylic acids is 1. The number of benzene rings is 1. The van der Waals surface area contributed by atoms with E-state index < -0.39 is 9.84 Å². The number of nitrogens with one attached hydrogen (secondary N) is 2. The van der Waals surface area contributed by atoms with E-state index in [0.717, 1.165) is 37.2 Å². The molecule has 1 aliphatic rings. The van der Waals surface area contributed by atoms with Crippen LogP contribution >= 0.6 is 0 Å². The zero-order valence-corrected chi connectivity index (χ0v) is 14.9. The third-order valence-electron chi connectivity index (χ3n) is 4.01. The van der Waals surface area contributed by atoms with Crippen LogP contribution < -0.4 is 20.3 Å². The van der Waals surface area contributed by atoms with Crippen molar-refractivity contribution in [1.82, 2.24) is 10.6 Å². The van der Waals surface area contributed by atoms with Gasteiger partial charge in [0.1, 0.15) is 15.6 Å². The van der Waals surface area contributed by atoms with E-state index >= 15 is 0 Å². The van der Waals surface area contributed by atoms with Crippen LogP contribution in [0.3, 0.4) is 0 Å². The van der Waals surface area contributed by atoms with E-state index in [1.165, 1.54) is 0 Å². The number of hydrogen-bond donors (Lipinski definition) is 2. The number of methoxy groups -OCH3 is 1. The molecule has 0 bridgehead atoms. The first kappa shape index (κ1) is 18.4. The lowest BCUT2D eigenvalue weighted by atomic mass is 10.1. The monoisotopic (exact) mass is 355 g/mol. The summed E-state index contributed by atoms with van der Waals surface area (Å²) in [5.41, 5.74) is 1.12. The number of urea groups is 1. The second-order valence-corrected chi connectivity index (χ2v) is 8.33.